The van der Waals surface area contributed by atoms with Crippen molar-refractivity contribution >= 4 is 21.7 Å². The fourth-order valence-electron chi connectivity index (χ4n) is 1.23. The number of rotatable bonds is 0. The number of aryl methyl sites for hydroxylation is 1. The van der Waals surface area contributed by atoms with Gasteiger partial charge in [0, 0.05) is 5.56 Å². The largest absolute Gasteiger partial charge is 0.307 e. The molecule has 0 atom stereocenters. The third-order valence-corrected chi connectivity index (χ3v) is 3.13. The van der Waals surface area contributed by atoms with Gasteiger partial charge in [-0.15, -0.1) is 0 Å². The summed E-state index contributed by atoms with van der Waals surface area (Å²) in [5.41, 5.74) is 1.94. The molecule has 0 fully saturated rings. The van der Waals surface area contributed by atoms with E-state index < -0.39 is 0 Å². The van der Waals surface area contributed by atoms with Gasteiger partial charge >= 0.3 is 4.87 Å². The van der Waals surface area contributed by atoms with Crippen molar-refractivity contribution in [3.63, 3.8) is 0 Å². The molecule has 5 heteroatoms. The number of hydrogen-bond donors (Lipinski definition) is 2. The van der Waals surface area contributed by atoms with Gasteiger partial charge in [-0.05, 0) is 19.4 Å². The van der Waals surface area contributed by atoms with Gasteiger partial charge in [0.15, 0.2) is 0 Å². The molecule has 68 valence electrons. The van der Waals surface area contributed by atoms with Gasteiger partial charge in [-0.3, -0.25) is 14.6 Å². The molecule has 0 bridgehead atoms. The van der Waals surface area contributed by atoms with Crippen molar-refractivity contribution in [2.75, 3.05) is 0 Å². The van der Waals surface area contributed by atoms with Crippen LogP contribution in [0.4, 0.5) is 0 Å². The Balaban J connectivity index is 3.09. The van der Waals surface area contributed by atoms with E-state index in [1.807, 2.05) is 6.92 Å². The Hall–Kier alpha value is -1.36. The molecule has 0 aliphatic rings. The lowest BCUT2D eigenvalue weighted by Gasteiger charge is -1.97. The minimum absolute atomic E-state index is 0.139. The minimum Gasteiger partial charge on any atom is -0.307 e. The lowest BCUT2D eigenvalue weighted by atomic mass is 10.2. The maximum Gasteiger partial charge on any atom is 0.306 e. The Morgan fingerprint density at radius 1 is 1.08 bits per heavy atom. The maximum absolute atomic E-state index is 11.3. The summed E-state index contributed by atoms with van der Waals surface area (Å²) in [6.45, 7) is 3.59. The molecule has 0 spiro atoms. The van der Waals surface area contributed by atoms with E-state index in [1.165, 1.54) is 0 Å². The Kier molecular flexibility index (Phi) is 1.63. The number of fused-ring (bicyclic) bond motifs is 1. The molecule has 2 N–H and O–H groups in total. The highest BCUT2D eigenvalue weighted by atomic mass is 32.1. The van der Waals surface area contributed by atoms with Crippen molar-refractivity contribution < 1.29 is 0 Å². The van der Waals surface area contributed by atoms with Gasteiger partial charge in [0.05, 0.1) is 4.70 Å². The van der Waals surface area contributed by atoms with E-state index in [0.717, 1.165) is 21.6 Å². The molecule has 2 heterocycles. The first kappa shape index (κ1) is 8.25. The third-order valence-electron chi connectivity index (χ3n) is 2.13. The molecule has 0 saturated carbocycles. The van der Waals surface area contributed by atoms with Gasteiger partial charge < -0.3 is 4.98 Å². The van der Waals surface area contributed by atoms with Crippen LogP contribution in [0.15, 0.2) is 9.59 Å². The molecule has 0 aliphatic carbocycles. The maximum atomic E-state index is 11.3. The predicted molar refractivity (Wildman–Crippen MR) is 52.5 cm³/mol. The second-order valence-electron chi connectivity index (χ2n) is 2.92. The Bertz CT molecular complexity index is 576. The summed E-state index contributed by atoms with van der Waals surface area (Å²) in [4.78, 5) is 27.3. The number of aromatic nitrogens is 2. The van der Waals surface area contributed by atoms with Gasteiger partial charge in [0.2, 0.25) is 0 Å². The molecule has 0 unspecified atom stereocenters. The van der Waals surface area contributed by atoms with E-state index in [2.05, 4.69) is 9.97 Å². The average Bonchev–Trinajstić information content (AvgIpc) is 2.42. The second kappa shape index (κ2) is 2.56. The summed E-state index contributed by atoms with van der Waals surface area (Å²) >= 11 is 1.12. The fourth-order valence-corrected chi connectivity index (χ4v) is 2.08. The summed E-state index contributed by atoms with van der Waals surface area (Å²) in [7, 11) is 0. The zero-order valence-corrected chi connectivity index (χ0v) is 8.04. The van der Waals surface area contributed by atoms with Gasteiger partial charge in [-0.25, -0.2) is 0 Å². The first-order valence-corrected chi connectivity index (χ1v) is 4.63. The topological polar surface area (TPSA) is 65.7 Å². The molecule has 13 heavy (non-hydrogen) atoms. The van der Waals surface area contributed by atoms with E-state index in [-0.39, 0.29) is 10.4 Å². The number of aromatic amines is 2. The van der Waals surface area contributed by atoms with E-state index in [1.54, 1.807) is 6.92 Å². The third kappa shape index (κ3) is 1.12. The SMILES string of the molecule is Cc1c(C)c2sc(=O)[nH]c2[nH]c1=O. The second-order valence-corrected chi connectivity index (χ2v) is 3.91. The number of hydrogen-bond acceptors (Lipinski definition) is 3. The standard InChI is InChI=1S/C8H8N2O2S/c1-3-4(2)7(11)9-6-5(3)13-8(12)10-6/h1-2H3,(H2,9,10,11,12). The van der Waals surface area contributed by atoms with Crippen molar-refractivity contribution in [1.29, 1.82) is 0 Å². The first-order chi connectivity index (χ1) is 6.09. The van der Waals surface area contributed by atoms with Gasteiger partial charge in [0.25, 0.3) is 5.56 Å². The molecule has 0 aliphatic heterocycles. The van der Waals surface area contributed by atoms with Crippen LogP contribution in [0.1, 0.15) is 11.1 Å². The molecule has 2 aromatic heterocycles. The summed E-state index contributed by atoms with van der Waals surface area (Å²) in [6, 6.07) is 0. The fraction of sp³-hybridized carbons (Fsp3) is 0.250. The highest BCUT2D eigenvalue weighted by Crippen LogP contribution is 2.16. The quantitative estimate of drug-likeness (QED) is 0.657. The smallest absolute Gasteiger partial charge is 0.306 e. The predicted octanol–water partition coefficient (Wildman–Crippen LogP) is 0.895. The lowest BCUT2D eigenvalue weighted by molar-refractivity contribution is 1.17. The van der Waals surface area contributed by atoms with E-state index in [4.69, 9.17) is 0 Å². The van der Waals surface area contributed by atoms with E-state index in [0.29, 0.717) is 11.2 Å². The van der Waals surface area contributed by atoms with Crippen LogP contribution < -0.4 is 10.4 Å². The van der Waals surface area contributed by atoms with Crippen LogP contribution in [-0.4, -0.2) is 9.97 Å². The molecule has 0 amide bonds. The highest BCUT2D eigenvalue weighted by Gasteiger charge is 2.07. The number of pyridine rings is 1. The number of nitrogens with one attached hydrogen (secondary N) is 2. The summed E-state index contributed by atoms with van der Waals surface area (Å²) < 4.78 is 0.835. The van der Waals surface area contributed by atoms with Crippen LogP contribution in [0.25, 0.3) is 10.3 Å². The highest BCUT2D eigenvalue weighted by molar-refractivity contribution is 7.16. The molecular formula is C8H8N2O2S. The summed E-state index contributed by atoms with van der Waals surface area (Å²) in [5.74, 6) is 0. The van der Waals surface area contributed by atoms with Gasteiger partial charge in [-0.2, -0.15) is 0 Å². The monoisotopic (exact) mass is 196 g/mol. The Morgan fingerprint density at radius 3 is 2.46 bits per heavy atom. The van der Waals surface area contributed by atoms with Crippen molar-refractivity contribution in [1.82, 2.24) is 9.97 Å². The van der Waals surface area contributed by atoms with E-state index in [9.17, 15) is 9.59 Å². The molecule has 0 aromatic carbocycles. The molecule has 0 radical (unpaired) electrons. The Labute approximate surface area is 77.2 Å². The lowest BCUT2D eigenvalue weighted by Crippen LogP contribution is -2.10. The van der Waals surface area contributed by atoms with Crippen LogP contribution in [0.2, 0.25) is 0 Å². The van der Waals surface area contributed by atoms with Gasteiger partial charge in [-0.1, -0.05) is 11.3 Å². The van der Waals surface area contributed by atoms with Crippen molar-refractivity contribution in [3.8, 4) is 0 Å². The van der Waals surface area contributed by atoms with Crippen molar-refractivity contribution in [2.24, 2.45) is 0 Å². The van der Waals surface area contributed by atoms with Crippen LogP contribution in [0, 0.1) is 13.8 Å². The molecule has 0 saturated heterocycles. The van der Waals surface area contributed by atoms with Crippen LogP contribution in [0.3, 0.4) is 0 Å². The average molecular weight is 196 g/mol. The van der Waals surface area contributed by atoms with Crippen LogP contribution in [-0.2, 0) is 0 Å². The number of H-pyrrole nitrogens is 2. The van der Waals surface area contributed by atoms with Crippen molar-refractivity contribution in [2.45, 2.75) is 13.8 Å². The van der Waals surface area contributed by atoms with Crippen molar-refractivity contribution in [3.05, 3.63) is 31.1 Å². The zero-order valence-electron chi connectivity index (χ0n) is 7.22. The molecule has 2 rings (SSSR count). The normalized spacial score (nSPS) is 10.9. The van der Waals surface area contributed by atoms with E-state index >= 15 is 0 Å². The number of thiazole rings is 1. The van der Waals surface area contributed by atoms with Crippen LogP contribution >= 0.6 is 11.3 Å². The molecular weight excluding hydrogens is 188 g/mol. The van der Waals surface area contributed by atoms with Crippen LogP contribution in [0.5, 0.6) is 0 Å². The Morgan fingerprint density at radius 2 is 1.77 bits per heavy atom. The van der Waals surface area contributed by atoms with Gasteiger partial charge in [0.1, 0.15) is 5.65 Å². The first-order valence-electron chi connectivity index (χ1n) is 3.82. The minimum atomic E-state index is -0.140. The molecule has 4 nitrogen and oxygen atoms in total. The summed E-state index contributed by atoms with van der Waals surface area (Å²) in [6.07, 6.45) is 0. The zero-order chi connectivity index (χ0) is 9.59. The molecule has 2 aromatic rings. The summed E-state index contributed by atoms with van der Waals surface area (Å²) in [5, 5.41) is 0.